The molecular weight excluding hydrogens is 325 g/mol. The molecule has 2 rings (SSSR count). The van der Waals surface area contributed by atoms with Crippen LogP contribution in [0.25, 0.3) is 0 Å². The first kappa shape index (κ1) is 14.2. The smallest absolute Gasteiger partial charge is 0.274 e. The Bertz CT molecular complexity index is 708. The second kappa shape index (κ2) is 5.80. The second-order valence-electron chi connectivity index (χ2n) is 4.08. The zero-order valence-electron chi connectivity index (χ0n) is 10.4. The predicted molar refractivity (Wildman–Crippen MR) is 75.7 cm³/mol. The molecule has 20 heavy (non-hydrogen) atoms. The SMILES string of the molecule is Cc1cc(F)c(Br)cc1NC(=O)c1ccc(C#N)cn1. The molecule has 0 saturated carbocycles. The number of carbonyl (C=O) groups is 1. The number of aromatic nitrogens is 1. The van der Waals surface area contributed by atoms with Crippen molar-refractivity contribution in [3.8, 4) is 6.07 Å². The number of aryl methyl sites for hydroxylation is 1. The number of amides is 1. The molecular formula is C14H9BrFN3O. The van der Waals surface area contributed by atoms with E-state index in [1.807, 2.05) is 6.07 Å². The summed E-state index contributed by atoms with van der Waals surface area (Å²) in [6.07, 6.45) is 1.32. The van der Waals surface area contributed by atoms with Gasteiger partial charge in [0.1, 0.15) is 17.6 Å². The number of halogens is 2. The van der Waals surface area contributed by atoms with Crippen molar-refractivity contribution in [2.75, 3.05) is 5.32 Å². The molecule has 0 aliphatic carbocycles. The molecule has 0 bridgehead atoms. The van der Waals surface area contributed by atoms with E-state index < -0.39 is 11.7 Å². The summed E-state index contributed by atoms with van der Waals surface area (Å²) in [7, 11) is 0. The molecule has 0 aliphatic heterocycles. The fourth-order valence-corrected chi connectivity index (χ4v) is 1.90. The van der Waals surface area contributed by atoms with Gasteiger partial charge in [0.15, 0.2) is 0 Å². The molecule has 0 fully saturated rings. The first-order valence-corrected chi connectivity index (χ1v) is 6.43. The van der Waals surface area contributed by atoms with Crippen LogP contribution in [-0.2, 0) is 0 Å². The first-order chi connectivity index (χ1) is 9.51. The largest absolute Gasteiger partial charge is 0.320 e. The monoisotopic (exact) mass is 333 g/mol. The molecule has 100 valence electrons. The number of nitriles is 1. The van der Waals surface area contributed by atoms with E-state index in [-0.39, 0.29) is 10.2 Å². The van der Waals surface area contributed by atoms with Crippen LogP contribution in [0.2, 0.25) is 0 Å². The van der Waals surface area contributed by atoms with Gasteiger partial charge >= 0.3 is 0 Å². The summed E-state index contributed by atoms with van der Waals surface area (Å²) in [5.74, 6) is -0.812. The van der Waals surface area contributed by atoms with Crippen LogP contribution in [-0.4, -0.2) is 10.9 Å². The zero-order chi connectivity index (χ0) is 14.7. The van der Waals surface area contributed by atoms with E-state index in [0.29, 0.717) is 16.8 Å². The van der Waals surface area contributed by atoms with Crippen LogP contribution in [0.3, 0.4) is 0 Å². The van der Waals surface area contributed by atoms with Crippen LogP contribution in [0.15, 0.2) is 34.9 Å². The molecule has 6 heteroatoms. The number of nitrogens with zero attached hydrogens (tertiary/aromatic N) is 2. The van der Waals surface area contributed by atoms with E-state index in [4.69, 9.17) is 5.26 Å². The maximum absolute atomic E-state index is 13.3. The van der Waals surface area contributed by atoms with Crippen LogP contribution in [0, 0.1) is 24.1 Å². The summed E-state index contributed by atoms with van der Waals surface area (Å²) < 4.78 is 13.6. The van der Waals surface area contributed by atoms with E-state index in [2.05, 4.69) is 26.2 Å². The lowest BCUT2D eigenvalue weighted by Crippen LogP contribution is -2.14. The Kier molecular flexibility index (Phi) is 4.11. The van der Waals surface area contributed by atoms with Crippen LogP contribution in [0.5, 0.6) is 0 Å². The lowest BCUT2D eigenvalue weighted by molar-refractivity contribution is 0.102. The summed E-state index contributed by atoms with van der Waals surface area (Å²) in [4.78, 5) is 15.9. The topological polar surface area (TPSA) is 65.8 Å². The number of nitrogens with one attached hydrogen (secondary N) is 1. The minimum atomic E-state index is -0.420. The number of anilines is 1. The van der Waals surface area contributed by atoms with Crippen molar-refractivity contribution in [3.05, 3.63) is 57.6 Å². The number of carbonyl (C=O) groups excluding carboxylic acids is 1. The minimum Gasteiger partial charge on any atom is -0.320 e. The molecule has 0 spiro atoms. The molecule has 1 amide bonds. The van der Waals surface area contributed by atoms with Gasteiger partial charge in [-0.15, -0.1) is 0 Å². The molecule has 2 aromatic rings. The van der Waals surface area contributed by atoms with Crippen LogP contribution >= 0.6 is 15.9 Å². The van der Waals surface area contributed by atoms with Crippen molar-refractivity contribution in [2.45, 2.75) is 6.92 Å². The van der Waals surface area contributed by atoms with Gasteiger partial charge in [0.2, 0.25) is 0 Å². The Balaban J connectivity index is 2.23. The molecule has 1 heterocycles. The number of hydrogen-bond donors (Lipinski definition) is 1. The van der Waals surface area contributed by atoms with E-state index >= 15 is 0 Å². The van der Waals surface area contributed by atoms with Gasteiger partial charge in [-0.25, -0.2) is 9.37 Å². The number of rotatable bonds is 2. The van der Waals surface area contributed by atoms with Gasteiger partial charge in [-0.1, -0.05) is 0 Å². The average molecular weight is 334 g/mol. The van der Waals surface area contributed by atoms with Crippen molar-refractivity contribution >= 4 is 27.5 Å². The second-order valence-corrected chi connectivity index (χ2v) is 4.93. The van der Waals surface area contributed by atoms with Gasteiger partial charge in [-0.2, -0.15) is 5.26 Å². The fraction of sp³-hybridized carbons (Fsp3) is 0.0714. The van der Waals surface area contributed by atoms with Crippen molar-refractivity contribution in [3.63, 3.8) is 0 Å². The molecule has 1 aromatic heterocycles. The van der Waals surface area contributed by atoms with Crippen molar-refractivity contribution < 1.29 is 9.18 Å². The predicted octanol–water partition coefficient (Wildman–Crippen LogP) is 3.42. The summed E-state index contributed by atoms with van der Waals surface area (Å²) in [6, 6.07) is 7.71. The van der Waals surface area contributed by atoms with Crippen LogP contribution in [0.1, 0.15) is 21.6 Å². The Morgan fingerprint density at radius 1 is 1.45 bits per heavy atom. The highest BCUT2D eigenvalue weighted by molar-refractivity contribution is 9.10. The van der Waals surface area contributed by atoms with Gasteiger partial charge in [-0.05, 0) is 52.7 Å². The van der Waals surface area contributed by atoms with Gasteiger partial charge in [0.25, 0.3) is 5.91 Å². The standard InChI is InChI=1S/C14H9BrFN3O/c1-8-4-11(16)10(15)5-13(8)19-14(20)12-3-2-9(6-17)7-18-12/h2-5,7H,1H3,(H,19,20). The van der Waals surface area contributed by atoms with Crippen molar-refractivity contribution in [1.29, 1.82) is 5.26 Å². The highest BCUT2D eigenvalue weighted by Crippen LogP contribution is 2.24. The van der Waals surface area contributed by atoms with Crippen LogP contribution in [0.4, 0.5) is 10.1 Å². The minimum absolute atomic E-state index is 0.184. The van der Waals surface area contributed by atoms with Gasteiger partial charge < -0.3 is 5.32 Å². The molecule has 1 N–H and O–H groups in total. The van der Waals surface area contributed by atoms with Crippen LogP contribution < -0.4 is 5.32 Å². The Labute approximate surface area is 123 Å². The number of benzene rings is 1. The first-order valence-electron chi connectivity index (χ1n) is 5.64. The van der Waals surface area contributed by atoms with Gasteiger partial charge in [-0.3, -0.25) is 4.79 Å². The summed E-state index contributed by atoms with van der Waals surface area (Å²) in [5, 5.41) is 11.3. The molecule has 0 radical (unpaired) electrons. The summed E-state index contributed by atoms with van der Waals surface area (Å²) in [5.41, 5.74) is 1.66. The van der Waals surface area contributed by atoms with Crippen molar-refractivity contribution in [2.24, 2.45) is 0 Å². The lowest BCUT2D eigenvalue weighted by Gasteiger charge is -2.09. The summed E-state index contributed by atoms with van der Waals surface area (Å²) in [6.45, 7) is 1.69. The Hall–Kier alpha value is -2.26. The summed E-state index contributed by atoms with van der Waals surface area (Å²) >= 11 is 3.07. The third kappa shape index (κ3) is 3.00. The molecule has 0 saturated heterocycles. The molecule has 1 aromatic carbocycles. The third-order valence-corrected chi connectivity index (χ3v) is 3.25. The van der Waals surface area contributed by atoms with Gasteiger partial charge in [0.05, 0.1) is 10.0 Å². The number of pyridine rings is 1. The Morgan fingerprint density at radius 3 is 2.80 bits per heavy atom. The maximum Gasteiger partial charge on any atom is 0.274 e. The lowest BCUT2D eigenvalue weighted by atomic mass is 10.2. The quantitative estimate of drug-likeness (QED) is 0.915. The zero-order valence-corrected chi connectivity index (χ0v) is 12.0. The highest BCUT2D eigenvalue weighted by Gasteiger charge is 2.11. The normalized spacial score (nSPS) is 9.90. The maximum atomic E-state index is 13.3. The van der Waals surface area contributed by atoms with E-state index in [1.165, 1.54) is 30.5 Å². The van der Waals surface area contributed by atoms with Gasteiger partial charge in [0, 0.05) is 11.9 Å². The molecule has 0 aliphatic rings. The molecule has 0 atom stereocenters. The third-order valence-electron chi connectivity index (χ3n) is 2.64. The Morgan fingerprint density at radius 2 is 2.20 bits per heavy atom. The molecule has 0 unspecified atom stereocenters. The number of hydrogen-bond acceptors (Lipinski definition) is 3. The van der Waals surface area contributed by atoms with Crippen molar-refractivity contribution in [1.82, 2.24) is 4.98 Å². The van der Waals surface area contributed by atoms with E-state index in [9.17, 15) is 9.18 Å². The average Bonchev–Trinajstić information content (AvgIpc) is 2.44. The van der Waals surface area contributed by atoms with E-state index in [0.717, 1.165) is 0 Å². The van der Waals surface area contributed by atoms with E-state index in [1.54, 1.807) is 6.92 Å². The fourth-order valence-electron chi connectivity index (χ4n) is 1.56. The highest BCUT2D eigenvalue weighted by atomic mass is 79.9. The molecule has 4 nitrogen and oxygen atoms in total.